The molecule has 10 rings (SSSR count). The molecule has 76 heavy (non-hydrogen) atoms. The molecule has 0 aliphatic carbocycles. The molecule has 0 amide bonds. The van der Waals surface area contributed by atoms with Crippen molar-refractivity contribution in [3.8, 4) is 28.7 Å². The molecule has 0 saturated heterocycles. The fraction of sp³-hybridized carbons (Fsp3) is 0.296. The molecule has 0 N–H and O–H groups in total. The van der Waals surface area contributed by atoms with Gasteiger partial charge in [-0.15, -0.1) is 0 Å². The lowest BCUT2D eigenvalue weighted by molar-refractivity contribution is -0.611. The van der Waals surface area contributed by atoms with Crippen LogP contribution in [0.3, 0.4) is 0 Å². The minimum Gasteiger partial charge on any atom is -0.458 e. The molecule has 0 bridgehead atoms. The highest BCUT2D eigenvalue weighted by Gasteiger charge is 2.36. The Morgan fingerprint density at radius 2 is 0.974 bits per heavy atom. The van der Waals surface area contributed by atoms with Crippen LogP contribution in [0.4, 0.5) is 0 Å². The van der Waals surface area contributed by atoms with Crippen molar-refractivity contribution in [1.82, 2.24) is 14.1 Å². The molecule has 5 heteroatoms. The first kappa shape index (κ1) is 52.0. The molecule has 3 aromatic heterocycles. The van der Waals surface area contributed by atoms with E-state index in [0.717, 1.165) is 39.7 Å². The predicted octanol–water partition coefficient (Wildman–Crippen LogP) is 17.7. The summed E-state index contributed by atoms with van der Waals surface area (Å²) in [6.45, 7) is 34.8. The van der Waals surface area contributed by atoms with Gasteiger partial charge in [-0.25, -0.2) is 4.98 Å². The van der Waals surface area contributed by atoms with Crippen LogP contribution >= 0.6 is 0 Å². The molecule has 0 fully saturated rings. The maximum atomic E-state index is 7.14. The largest absolute Gasteiger partial charge is 0.458 e. The van der Waals surface area contributed by atoms with Gasteiger partial charge in [0.15, 0.2) is 0 Å². The number of para-hydroxylation sites is 1. The first-order valence-corrected chi connectivity index (χ1v) is 27.1. The van der Waals surface area contributed by atoms with Crippen molar-refractivity contribution < 1.29 is 9.30 Å². The number of hydrogen-bond donors (Lipinski definition) is 0. The number of hydrogen-bond acceptors (Lipinski definition) is 2. The number of aromatic nitrogens is 4. The van der Waals surface area contributed by atoms with Crippen LogP contribution in [0.2, 0.25) is 0 Å². The van der Waals surface area contributed by atoms with E-state index in [0.29, 0.717) is 0 Å². The highest BCUT2D eigenvalue weighted by molar-refractivity contribution is 6.11. The Morgan fingerprint density at radius 1 is 0.434 bits per heavy atom. The van der Waals surface area contributed by atoms with Gasteiger partial charge < -0.3 is 4.74 Å². The number of fused-ring (bicyclic) bond motifs is 3. The van der Waals surface area contributed by atoms with Crippen LogP contribution in [-0.2, 0) is 32.5 Å². The lowest BCUT2D eigenvalue weighted by Crippen LogP contribution is -2.41. The van der Waals surface area contributed by atoms with Crippen LogP contribution in [0.5, 0.6) is 11.5 Å². The number of pyridine rings is 1. The maximum absolute atomic E-state index is 7.14. The van der Waals surface area contributed by atoms with Crippen LogP contribution in [-0.4, -0.2) is 14.1 Å². The first-order chi connectivity index (χ1) is 35.8. The van der Waals surface area contributed by atoms with Crippen molar-refractivity contribution in [3.63, 3.8) is 0 Å². The number of nitrogens with zero attached hydrogens (tertiary/aromatic N) is 4. The summed E-state index contributed by atoms with van der Waals surface area (Å²) < 4.78 is 14.1. The van der Waals surface area contributed by atoms with Gasteiger partial charge >= 0.3 is 0 Å². The van der Waals surface area contributed by atoms with E-state index in [9.17, 15) is 0 Å². The summed E-state index contributed by atoms with van der Waals surface area (Å²) in [6.07, 6.45) is 5.97. The highest BCUT2D eigenvalue weighted by Crippen LogP contribution is 2.44. The second-order valence-electron chi connectivity index (χ2n) is 25.7. The molecule has 7 aromatic carbocycles. The van der Waals surface area contributed by atoms with Crippen molar-refractivity contribution in [2.75, 3.05) is 0 Å². The average molecular weight is 1000 g/mol. The van der Waals surface area contributed by atoms with E-state index in [4.69, 9.17) is 9.72 Å². The Kier molecular flexibility index (Phi) is 13.0. The zero-order chi connectivity index (χ0) is 54.2. The third kappa shape index (κ3) is 9.48. The molecule has 0 radical (unpaired) electrons. The average Bonchev–Trinajstić information content (AvgIpc) is 4.12. The summed E-state index contributed by atoms with van der Waals surface area (Å²) in [4.78, 5) is 5.09. The quantitative estimate of drug-likeness (QED) is 0.0956. The van der Waals surface area contributed by atoms with Gasteiger partial charge in [0.1, 0.15) is 17.3 Å². The normalized spacial score (nSPS) is 12.9. The number of benzene rings is 7. The third-order valence-corrected chi connectivity index (χ3v) is 16.0. The van der Waals surface area contributed by atoms with Crippen LogP contribution < -0.4 is 9.30 Å². The van der Waals surface area contributed by atoms with Crippen molar-refractivity contribution in [3.05, 3.63) is 245 Å². The molecule has 386 valence electrons. The van der Waals surface area contributed by atoms with Crippen molar-refractivity contribution in [1.29, 1.82) is 0 Å². The topological polar surface area (TPSA) is 35.9 Å². The van der Waals surface area contributed by atoms with Crippen LogP contribution in [0, 0.1) is 6.33 Å². The van der Waals surface area contributed by atoms with E-state index in [1.807, 2.05) is 6.20 Å². The van der Waals surface area contributed by atoms with Gasteiger partial charge in [-0.2, -0.15) is 0 Å². The van der Waals surface area contributed by atoms with E-state index in [1.165, 1.54) is 61.1 Å². The van der Waals surface area contributed by atoms with Gasteiger partial charge in [0, 0.05) is 39.3 Å². The van der Waals surface area contributed by atoms with Crippen molar-refractivity contribution in [2.24, 2.45) is 0 Å². The second-order valence-corrected chi connectivity index (χ2v) is 25.7. The molecule has 0 aliphatic rings. The number of ether oxygens (including phenoxy) is 1. The Morgan fingerprint density at radius 3 is 1.51 bits per heavy atom. The summed E-state index contributed by atoms with van der Waals surface area (Å²) >= 11 is 0. The summed E-state index contributed by atoms with van der Waals surface area (Å²) in [7, 11) is 0. The van der Waals surface area contributed by atoms with E-state index in [1.54, 1.807) is 0 Å². The van der Waals surface area contributed by atoms with E-state index < -0.39 is 0 Å². The van der Waals surface area contributed by atoms with Gasteiger partial charge in [0.25, 0.3) is 6.33 Å². The Labute approximate surface area is 452 Å². The summed E-state index contributed by atoms with van der Waals surface area (Å²) in [5.41, 5.74) is 13.8. The van der Waals surface area contributed by atoms with E-state index in [-0.39, 0.29) is 32.5 Å². The minimum absolute atomic E-state index is 0.207. The van der Waals surface area contributed by atoms with Gasteiger partial charge in [0.2, 0.25) is 0 Å². The SMILES string of the molecule is CC(C)(C)c1cc(Oc2cccc(-n3[c-][n+](-c4cc(C(C)(C)c5ccccc5)cc(C(C)(C)c5ccccc5)c4)c(C(C)(C)C)c3C(C)(C)C)c2)cc2c1c1ccccc1n2-c1cc(C(C)(C)c2ccccc2)ccn1. The van der Waals surface area contributed by atoms with Crippen molar-refractivity contribution in [2.45, 2.75) is 136 Å². The Hall–Kier alpha value is -7.50. The van der Waals surface area contributed by atoms with Gasteiger partial charge in [-0.3, -0.25) is 13.7 Å². The fourth-order valence-electron chi connectivity index (χ4n) is 11.4. The zero-order valence-electron chi connectivity index (χ0n) is 47.6. The second kappa shape index (κ2) is 19.0. The molecule has 10 aromatic rings. The lowest BCUT2D eigenvalue weighted by Gasteiger charge is -2.33. The maximum Gasteiger partial charge on any atom is 0.269 e. The van der Waals surface area contributed by atoms with Gasteiger partial charge in [-0.05, 0) is 110 Å². The van der Waals surface area contributed by atoms with E-state index in [2.05, 4.69) is 306 Å². The number of imidazole rings is 1. The molecular formula is C71H76N4O. The Balaban J connectivity index is 1.14. The molecule has 0 aliphatic heterocycles. The van der Waals surface area contributed by atoms with Crippen molar-refractivity contribution >= 4 is 21.8 Å². The lowest BCUT2D eigenvalue weighted by atomic mass is 9.73. The van der Waals surface area contributed by atoms with E-state index >= 15 is 0 Å². The summed E-state index contributed by atoms with van der Waals surface area (Å²) in [5, 5.41) is 2.40. The monoisotopic (exact) mass is 1000 g/mol. The standard InChI is InChI=1S/C71H76N4O/c1-66(2,3)59-45-57(46-61-63(59)58-36-25-26-37-60(58)75(61)62-43-51(38-39-72-62)69(10,11)48-28-19-16-20-29-48)76-56-35-27-34-54(44-56)73-47-74(65(68(7,8)9)64(73)67(4,5)6)55-41-52(70(12,13)49-30-21-17-22-31-49)40-53(42-55)71(14,15)50-32-23-18-24-33-50/h16-46H,1-15H3. The molecule has 0 spiro atoms. The highest BCUT2D eigenvalue weighted by atomic mass is 16.5. The summed E-state index contributed by atoms with van der Waals surface area (Å²) in [5.74, 6) is 2.38. The zero-order valence-corrected chi connectivity index (χ0v) is 47.6. The number of rotatable bonds is 11. The molecule has 5 nitrogen and oxygen atoms in total. The smallest absolute Gasteiger partial charge is 0.269 e. The van der Waals surface area contributed by atoms with Crippen LogP contribution in [0.15, 0.2) is 188 Å². The predicted molar refractivity (Wildman–Crippen MR) is 317 cm³/mol. The Bertz CT molecular complexity index is 3670. The molecule has 0 saturated carbocycles. The minimum atomic E-state index is -0.285. The van der Waals surface area contributed by atoms with Gasteiger partial charge in [0.05, 0.1) is 33.8 Å². The van der Waals surface area contributed by atoms with Gasteiger partial charge in [-0.1, -0.05) is 225 Å². The first-order valence-electron chi connectivity index (χ1n) is 27.1. The third-order valence-electron chi connectivity index (χ3n) is 16.0. The van der Waals surface area contributed by atoms with Crippen LogP contribution in [0.25, 0.3) is 39.0 Å². The molecule has 0 unspecified atom stereocenters. The molecular weight excluding hydrogens is 925 g/mol. The fourth-order valence-corrected chi connectivity index (χ4v) is 11.4. The molecule has 3 heterocycles. The molecule has 0 atom stereocenters. The van der Waals surface area contributed by atoms with Crippen LogP contribution in [0.1, 0.15) is 154 Å². The summed E-state index contributed by atoms with van der Waals surface area (Å²) in [6, 6.07) is 65.9.